The van der Waals surface area contributed by atoms with Crippen LogP contribution >= 0.6 is 0 Å². The van der Waals surface area contributed by atoms with E-state index in [0.717, 1.165) is 38.2 Å². The highest BCUT2D eigenvalue weighted by atomic mass is 15.0. The minimum Gasteiger partial charge on any atom is -0.307 e. The lowest BCUT2D eigenvalue weighted by molar-refractivity contribution is 0.753. The van der Waals surface area contributed by atoms with Gasteiger partial charge in [-0.15, -0.1) is 0 Å². The van der Waals surface area contributed by atoms with Gasteiger partial charge in [0.2, 0.25) is 0 Å². The van der Waals surface area contributed by atoms with Crippen molar-refractivity contribution in [1.29, 1.82) is 0 Å². The molecule has 2 heterocycles. The van der Waals surface area contributed by atoms with E-state index in [1.54, 1.807) is 0 Å². The van der Waals surface area contributed by atoms with Gasteiger partial charge in [0.05, 0.1) is 5.69 Å². The maximum atomic E-state index is 4.60. The molecular weight excluding hydrogens is 174 g/mol. The molecule has 0 bridgehead atoms. The second-order valence-electron chi connectivity index (χ2n) is 3.72. The molecule has 0 radical (unpaired) electrons. The third kappa shape index (κ3) is 1.64. The molecule has 0 atom stereocenters. The van der Waals surface area contributed by atoms with E-state index in [-0.39, 0.29) is 0 Å². The third-order valence-corrected chi connectivity index (χ3v) is 2.63. The van der Waals surface area contributed by atoms with Crippen molar-refractivity contribution in [3.63, 3.8) is 0 Å². The fourth-order valence-corrected chi connectivity index (χ4v) is 1.92. The summed E-state index contributed by atoms with van der Waals surface area (Å²) in [6, 6.07) is 0. The normalized spacial score (nSPS) is 14.4. The fourth-order valence-electron chi connectivity index (χ4n) is 1.92. The Morgan fingerprint density at radius 2 is 2.07 bits per heavy atom. The van der Waals surface area contributed by atoms with E-state index in [4.69, 9.17) is 0 Å². The molecule has 0 amide bonds. The molecule has 1 aliphatic heterocycles. The van der Waals surface area contributed by atoms with Crippen LogP contribution < -0.4 is 5.32 Å². The van der Waals surface area contributed by atoms with Gasteiger partial charge in [-0.25, -0.2) is 9.97 Å². The van der Waals surface area contributed by atoms with Crippen molar-refractivity contribution in [2.45, 2.75) is 46.2 Å². The van der Waals surface area contributed by atoms with E-state index in [9.17, 15) is 0 Å². The number of fused-ring (bicyclic) bond motifs is 1. The molecule has 1 aromatic heterocycles. The van der Waals surface area contributed by atoms with Crippen LogP contribution in [0.15, 0.2) is 0 Å². The van der Waals surface area contributed by atoms with Gasteiger partial charge in [-0.2, -0.15) is 0 Å². The van der Waals surface area contributed by atoms with Gasteiger partial charge in [0, 0.05) is 30.8 Å². The van der Waals surface area contributed by atoms with Crippen LogP contribution in [0.1, 0.15) is 43.0 Å². The van der Waals surface area contributed by atoms with Gasteiger partial charge in [0.15, 0.2) is 0 Å². The first kappa shape index (κ1) is 9.59. The molecule has 0 unspecified atom stereocenters. The molecule has 2 rings (SSSR count). The smallest absolute Gasteiger partial charge is 0.128 e. The predicted octanol–water partition coefficient (Wildman–Crippen LogP) is 1.59. The zero-order chi connectivity index (χ0) is 9.97. The molecule has 0 aromatic carbocycles. The fraction of sp³-hybridized carbons (Fsp3) is 0.636. The Morgan fingerprint density at radius 3 is 2.79 bits per heavy atom. The predicted molar refractivity (Wildman–Crippen MR) is 55.9 cm³/mol. The van der Waals surface area contributed by atoms with Crippen molar-refractivity contribution < 1.29 is 0 Å². The summed E-state index contributed by atoms with van der Waals surface area (Å²) in [6.45, 7) is 6.20. The van der Waals surface area contributed by atoms with Crippen LogP contribution in [-0.4, -0.2) is 9.97 Å². The number of hydrogen-bond acceptors (Lipinski definition) is 3. The maximum absolute atomic E-state index is 4.60. The van der Waals surface area contributed by atoms with Crippen LogP contribution in [0.3, 0.4) is 0 Å². The molecule has 3 heteroatoms. The summed E-state index contributed by atoms with van der Waals surface area (Å²) in [5.41, 5.74) is 3.80. The van der Waals surface area contributed by atoms with Crippen molar-refractivity contribution in [3.05, 3.63) is 22.8 Å². The largest absolute Gasteiger partial charge is 0.307 e. The molecule has 1 aliphatic rings. The molecule has 0 fully saturated rings. The van der Waals surface area contributed by atoms with Crippen molar-refractivity contribution >= 4 is 0 Å². The average molecular weight is 191 g/mol. The number of nitrogens with one attached hydrogen (secondary N) is 1. The summed E-state index contributed by atoms with van der Waals surface area (Å²) >= 11 is 0. The number of aromatic nitrogens is 2. The molecule has 0 saturated heterocycles. The summed E-state index contributed by atoms with van der Waals surface area (Å²) in [4.78, 5) is 9.18. The van der Waals surface area contributed by atoms with Gasteiger partial charge in [-0.3, -0.25) is 0 Å². The molecule has 76 valence electrons. The molecular formula is C11H17N3. The minimum atomic E-state index is 0.918. The lowest BCUT2D eigenvalue weighted by atomic mass is 10.1. The average Bonchev–Trinajstić information content (AvgIpc) is 2.65. The number of rotatable bonds is 3. The van der Waals surface area contributed by atoms with Crippen LogP contribution in [-0.2, 0) is 25.9 Å². The second kappa shape index (κ2) is 4.05. The Hall–Kier alpha value is -0.960. The first-order valence-corrected chi connectivity index (χ1v) is 5.43. The van der Waals surface area contributed by atoms with Gasteiger partial charge in [-0.05, 0) is 12.8 Å². The first-order valence-electron chi connectivity index (χ1n) is 5.43. The number of aryl methyl sites for hydroxylation is 2. The minimum absolute atomic E-state index is 0.918. The van der Waals surface area contributed by atoms with Crippen molar-refractivity contribution in [3.8, 4) is 0 Å². The van der Waals surface area contributed by atoms with Crippen LogP contribution in [0.2, 0.25) is 0 Å². The van der Waals surface area contributed by atoms with Crippen molar-refractivity contribution in [2.24, 2.45) is 0 Å². The summed E-state index contributed by atoms with van der Waals surface area (Å²) in [7, 11) is 0. The van der Waals surface area contributed by atoms with Crippen LogP contribution in [0, 0.1) is 0 Å². The van der Waals surface area contributed by atoms with E-state index in [1.165, 1.54) is 17.0 Å². The Bertz CT molecular complexity index is 334. The molecule has 1 N–H and O–H groups in total. The summed E-state index contributed by atoms with van der Waals surface area (Å²) in [6.07, 6.45) is 3.14. The highest BCUT2D eigenvalue weighted by Gasteiger charge is 2.17. The van der Waals surface area contributed by atoms with Crippen molar-refractivity contribution in [2.75, 3.05) is 0 Å². The first-order chi connectivity index (χ1) is 6.85. The molecule has 3 nitrogen and oxygen atoms in total. The monoisotopic (exact) mass is 191 g/mol. The summed E-state index contributed by atoms with van der Waals surface area (Å²) in [5.74, 6) is 1.02. The van der Waals surface area contributed by atoms with Gasteiger partial charge in [0.25, 0.3) is 0 Å². The van der Waals surface area contributed by atoms with E-state index in [2.05, 4.69) is 29.1 Å². The lowest BCUT2D eigenvalue weighted by Crippen LogP contribution is -2.05. The SMILES string of the molecule is CCCc1nc(CC)c2c(n1)CNC2. The topological polar surface area (TPSA) is 37.8 Å². The summed E-state index contributed by atoms with van der Waals surface area (Å²) in [5, 5.41) is 3.33. The molecule has 1 aromatic rings. The number of hydrogen-bond donors (Lipinski definition) is 1. The molecule has 0 spiro atoms. The zero-order valence-electron chi connectivity index (χ0n) is 8.93. The van der Waals surface area contributed by atoms with E-state index in [1.807, 2.05) is 0 Å². The maximum Gasteiger partial charge on any atom is 0.128 e. The Balaban J connectivity index is 2.39. The summed E-state index contributed by atoms with van der Waals surface area (Å²) < 4.78 is 0. The zero-order valence-corrected chi connectivity index (χ0v) is 8.93. The van der Waals surface area contributed by atoms with Gasteiger partial charge in [0.1, 0.15) is 5.82 Å². The van der Waals surface area contributed by atoms with E-state index < -0.39 is 0 Å². The Kier molecular flexibility index (Phi) is 2.77. The van der Waals surface area contributed by atoms with Gasteiger partial charge < -0.3 is 5.32 Å². The van der Waals surface area contributed by atoms with Crippen LogP contribution in [0.25, 0.3) is 0 Å². The van der Waals surface area contributed by atoms with Crippen LogP contribution in [0.5, 0.6) is 0 Å². The molecule has 14 heavy (non-hydrogen) atoms. The lowest BCUT2D eigenvalue weighted by Gasteiger charge is -2.06. The third-order valence-electron chi connectivity index (χ3n) is 2.63. The standard InChI is InChI=1S/C11H17N3/c1-3-5-11-13-9(4-2)8-6-12-7-10(8)14-11/h12H,3-7H2,1-2H3. The highest BCUT2D eigenvalue weighted by molar-refractivity contribution is 5.29. The van der Waals surface area contributed by atoms with E-state index >= 15 is 0 Å². The van der Waals surface area contributed by atoms with Gasteiger partial charge in [-0.1, -0.05) is 13.8 Å². The van der Waals surface area contributed by atoms with Gasteiger partial charge >= 0.3 is 0 Å². The Labute approximate surface area is 85.0 Å². The van der Waals surface area contributed by atoms with Crippen LogP contribution in [0.4, 0.5) is 0 Å². The molecule has 0 aliphatic carbocycles. The quantitative estimate of drug-likeness (QED) is 0.788. The Morgan fingerprint density at radius 1 is 1.21 bits per heavy atom. The van der Waals surface area contributed by atoms with E-state index in [0.29, 0.717) is 0 Å². The van der Waals surface area contributed by atoms with Crippen molar-refractivity contribution in [1.82, 2.24) is 15.3 Å². The second-order valence-corrected chi connectivity index (χ2v) is 3.72. The molecule has 0 saturated carbocycles. The number of nitrogens with zero attached hydrogens (tertiary/aromatic N) is 2. The highest BCUT2D eigenvalue weighted by Crippen LogP contribution is 2.17.